The molecule has 3 atom stereocenters. The Morgan fingerprint density at radius 3 is 2.39 bits per heavy atom. The molecule has 1 N–H and O–H groups in total. The van der Waals surface area contributed by atoms with E-state index in [1.807, 2.05) is 6.07 Å². The molecule has 1 aromatic rings. The molecular formula is C14H20ClN3. The Morgan fingerprint density at radius 1 is 1.17 bits per heavy atom. The van der Waals surface area contributed by atoms with Crippen LogP contribution < -0.4 is 5.32 Å². The number of nitrogens with zero attached hydrogens (tertiary/aromatic N) is 2. The SMILES string of the molecule is CC12CC[C@](C)(CC(Nc3ccc(Cl)nn3)C1)C2. The van der Waals surface area contributed by atoms with Crippen molar-refractivity contribution in [2.24, 2.45) is 10.8 Å². The first kappa shape index (κ1) is 12.2. The molecule has 3 rings (SSSR count). The average Bonchev–Trinajstić information content (AvgIpc) is 2.51. The summed E-state index contributed by atoms with van der Waals surface area (Å²) in [7, 11) is 0. The Bertz CT molecular complexity index is 429. The van der Waals surface area contributed by atoms with Gasteiger partial charge in [-0.25, -0.2) is 0 Å². The van der Waals surface area contributed by atoms with Crippen molar-refractivity contribution >= 4 is 17.4 Å². The Labute approximate surface area is 113 Å². The smallest absolute Gasteiger partial charge is 0.151 e. The van der Waals surface area contributed by atoms with E-state index < -0.39 is 0 Å². The van der Waals surface area contributed by atoms with E-state index in [4.69, 9.17) is 11.6 Å². The van der Waals surface area contributed by atoms with Gasteiger partial charge >= 0.3 is 0 Å². The molecule has 2 aliphatic rings. The number of hydrogen-bond acceptors (Lipinski definition) is 3. The summed E-state index contributed by atoms with van der Waals surface area (Å²) in [6.07, 6.45) is 6.60. The number of halogens is 1. The van der Waals surface area contributed by atoms with E-state index in [2.05, 4.69) is 29.4 Å². The number of fused-ring (bicyclic) bond motifs is 2. The monoisotopic (exact) mass is 265 g/mol. The lowest BCUT2D eigenvalue weighted by molar-refractivity contribution is 0.158. The predicted molar refractivity (Wildman–Crippen MR) is 73.8 cm³/mol. The van der Waals surface area contributed by atoms with Crippen molar-refractivity contribution in [3.05, 3.63) is 17.3 Å². The van der Waals surface area contributed by atoms with Crippen LogP contribution in [0, 0.1) is 10.8 Å². The molecule has 0 amide bonds. The first-order chi connectivity index (χ1) is 8.46. The molecule has 1 heterocycles. The Balaban J connectivity index is 1.72. The minimum atomic E-state index is 0.447. The molecule has 2 aliphatic carbocycles. The fourth-order valence-corrected chi connectivity index (χ4v) is 4.23. The zero-order valence-electron chi connectivity index (χ0n) is 11.0. The molecule has 0 spiro atoms. The van der Waals surface area contributed by atoms with Crippen LogP contribution in [0.15, 0.2) is 12.1 Å². The van der Waals surface area contributed by atoms with E-state index in [1.165, 1.54) is 32.1 Å². The fourth-order valence-electron chi connectivity index (χ4n) is 4.13. The van der Waals surface area contributed by atoms with Gasteiger partial charge in [-0.3, -0.25) is 0 Å². The summed E-state index contributed by atoms with van der Waals surface area (Å²) in [6.45, 7) is 4.86. The molecule has 0 radical (unpaired) electrons. The van der Waals surface area contributed by atoms with E-state index in [9.17, 15) is 0 Å². The summed E-state index contributed by atoms with van der Waals surface area (Å²) in [4.78, 5) is 0. The van der Waals surface area contributed by atoms with Gasteiger partial charge in [0.1, 0.15) is 5.82 Å². The van der Waals surface area contributed by atoms with Crippen LogP contribution in [-0.4, -0.2) is 16.2 Å². The van der Waals surface area contributed by atoms with Crippen LogP contribution in [0.3, 0.4) is 0 Å². The van der Waals surface area contributed by atoms with E-state index in [0.29, 0.717) is 22.0 Å². The normalized spacial score (nSPS) is 38.7. The molecule has 0 aliphatic heterocycles. The predicted octanol–water partition coefficient (Wildman–Crippen LogP) is 3.90. The lowest BCUT2D eigenvalue weighted by Gasteiger charge is -2.40. The van der Waals surface area contributed by atoms with Crippen molar-refractivity contribution in [2.45, 2.75) is 52.0 Å². The molecular weight excluding hydrogens is 246 g/mol. The largest absolute Gasteiger partial charge is 0.366 e. The van der Waals surface area contributed by atoms with Crippen molar-refractivity contribution < 1.29 is 0 Å². The van der Waals surface area contributed by atoms with Crippen molar-refractivity contribution in [1.29, 1.82) is 0 Å². The van der Waals surface area contributed by atoms with Crippen LogP contribution in [0.2, 0.25) is 5.15 Å². The first-order valence-electron chi connectivity index (χ1n) is 6.72. The number of nitrogens with one attached hydrogen (secondary N) is 1. The van der Waals surface area contributed by atoms with E-state index in [1.54, 1.807) is 6.07 Å². The number of aromatic nitrogens is 2. The number of rotatable bonds is 2. The minimum absolute atomic E-state index is 0.447. The molecule has 0 saturated heterocycles. The molecule has 2 fully saturated rings. The Morgan fingerprint density at radius 2 is 1.83 bits per heavy atom. The zero-order chi connectivity index (χ0) is 12.8. The Kier molecular flexibility index (Phi) is 2.77. The third-order valence-corrected chi connectivity index (χ3v) is 4.85. The van der Waals surface area contributed by atoms with Gasteiger partial charge in [-0.15, -0.1) is 10.2 Å². The second-order valence-corrected chi connectivity index (χ2v) is 7.18. The topological polar surface area (TPSA) is 37.8 Å². The first-order valence-corrected chi connectivity index (χ1v) is 7.10. The van der Waals surface area contributed by atoms with Crippen molar-refractivity contribution in [3.63, 3.8) is 0 Å². The van der Waals surface area contributed by atoms with Gasteiger partial charge in [0.15, 0.2) is 5.15 Å². The van der Waals surface area contributed by atoms with Crippen molar-refractivity contribution in [3.8, 4) is 0 Å². The van der Waals surface area contributed by atoms with Gasteiger partial charge in [0.2, 0.25) is 0 Å². The zero-order valence-corrected chi connectivity index (χ0v) is 11.8. The maximum absolute atomic E-state index is 5.75. The van der Waals surface area contributed by atoms with E-state index >= 15 is 0 Å². The molecule has 2 bridgehead atoms. The molecule has 18 heavy (non-hydrogen) atoms. The molecule has 4 heteroatoms. The third-order valence-electron chi connectivity index (χ3n) is 4.65. The lowest BCUT2D eigenvalue weighted by Crippen LogP contribution is -2.37. The maximum atomic E-state index is 5.75. The lowest BCUT2D eigenvalue weighted by atomic mass is 9.69. The van der Waals surface area contributed by atoms with Crippen LogP contribution in [0.25, 0.3) is 0 Å². The standard InChI is InChI=1S/C14H20ClN3/c1-13-5-6-14(2,9-13)8-10(7-13)16-12-4-3-11(15)17-18-12/h3-4,10H,5-9H2,1-2H3,(H,16,18)/t10?,13-,14?/m1/s1. The molecule has 1 aromatic heterocycles. The molecule has 2 unspecified atom stereocenters. The van der Waals surface area contributed by atoms with Gasteiger partial charge in [0.25, 0.3) is 0 Å². The second-order valence-electron chi connectivity index (χ2n) is 6.79. The highest BCUT2D eigenvalue weighted by molar-refractivity contribution is 6.29. The van der Waals surface area contributed by atoms with Gasteiger partial charge < -0.3 is 5.32 Å². The van der Waals surface area contributed by atoms with Crippen LogP contribution in [0.4, 0.5) is 5.82 Å². The number of anilines is 1. The van der Waals surface area contributed by atoms with Crippen LogP contribution >= 0.6 is 11.6 Å². The summed E-state index contributed by atoms with van der Waals surface area (Å²) in [5.74, 6) is 0.845. The second kappa shape index (κ2) is 4.09. The van der Waals surface area contributed by atoms with Gasteiger partial charge in [0.05, 0.1) is 0 Å². The van der Waals surface area contributed by atoms with Crippen molar-refractivity contribution in [2.75, 3.05) is 5.32 Å². The van der Waals surface area contributed by atoms with Crippen molar-refractivity contribution in [1.82, 2.24) is 10.2 Å². The Hall–Kier alpha value is -0.830. The molecule has 3 nitrogen and oxygen atoms in total. The van der Waals surface area contributed by atoms with Crippen LogP contribution in [0.1, 0.15) is 46.0 Å². The highest BCUT2D eigenvalue weighted by atomic mass is 35.5. The summed E-state index contributed by atoms with van der Waals surface area (Å²) >= 11 is 5.75. The molecule has 98 valence electrons. The summed E-state index contributed by atoms with van der Waals surface area (Å²) < 4.78 is 0. The third kappa shape index (κ3) is 2.33. The van der Waals surface area contributed by atoms with Gasteiger partial charge in [0, 0.05) is 6.04 Å². The van der Waals surface area contributed by atoms with Gasteiger partial charge in [-0.2, -0.15) is 0 Å². The van der Waals surface area contributed by atoms with Crippen LogP contribution in [-0.2, 0) is 0 Å². The maximum Gasteiger partial charge on any atom is 0.151 e. The van der Waals surface area contributed by atoms with E-state index in [0.717, 1.165) is 5.82 Å². The van der Waals surface area contributed by atoms with E-state index in [-0.39, 0.29) is 0 Å². The minimum Gasteiger partial charge on any atom is -0.366 e. The summed E-state index contributed by atoms with van der Waals surface area (Å²) in [6, 6.07) is 4.22. The van der Waals surface area contributed by atoms with Crippen LogP contribution in [0.5, 0.6) is 0 Å². The molecule has 0 aromatic carbocycles. The summed E-state index contributed by atoms with van der Waals surface area (Å²) in [5, 5.41) is 12.0. The molecule has 2 saturated carbocycles. The average molecular weight is 266 g/mol. The highest BCUT2D eigenvalue weighted by Crippen LogP contribution is 2.58. The summed E-state index contributed by atoms with van der Waals surface area (Å²) in [5.41, 5.74) is 1.04. The highest BCUT2D eigenvalue weighted by Gasteiger charge is 2.48. The quantitative estimate of drug-likeness (QED) is 0.881. The fraction of sp³-hybridized carbons (Fsp3) is 0.714. The number of hydrogen-bond donors (Lipinski definition) is 1. The van der Waals surface area contributed by atoms with Gasteiger partial charge in [-0.05, 0) is 55.1 Å². The van der Waals surface area contributed by atoms with Gasteiger partial charge in [-0.1, -0.05) is 25.4 Å².